The molecule has 27 heavy (non-hydrogen) atoms. The van der Waals surface area contributed by atoms with Gasteiger partial charge in [0.2, 0.25) is 0 Å². The van der Waals surface area contributed by atoms with E-state index in [1.165, 1.54) is 40.5 Å². The molecule has 0 atom stereocenters. The molecule has 0 aromatic heterocycles. The number of ether oxygens (including phenoxy) is 1. The zero-order chi connectivity index (χ0) is 18.4. The summed E-state index contributed by atoms with van der Waals surface area (Å²) in [5.41, 5.74) is 8.24. The van der Waals surface area contributed by atoms with Gasteiger partial charge >= 0.3 is 5.97 Å². The van der Waals surface area contributed by atoms with Crippen molar-refractivity contribution in [2.45, 2.75) is 30.6 Å². The Kier molecular flexibility index (Phi) is 3.68. The third-order valence-electron chi connectivity index (χ3n) is 6.36. The molecule has 0 heterocycles. The zero-order valence-corrected chi connectivity index (χ0v) is 15.4. The van der Waals surface area contributed by atoms with Gasteiger partial charge in [0, 0.05) is 17.8 Å². The highest BCUT2D eigenvalue weighted by Gasteiger charge is 2.50. The number of carbonyl (C=O) groups is 1. The standard InChI is InChI=1S/C25H22O2/c1-27-23(26)15-8-16-25-20-12-5-2-9-17(20)24(18-10-3-6-13-21(18)25)19-11-4-7-14-22(19)25/h2-7,9-14,24H,8,15-16H2,1H3. The van der Waals surface area contributed by atoms with Crippen LogP contribution in [0.25, 0.3) is 0 Å². The van der Waals surface area contributed by atoms with Crippen LogP contribution in [0.4, 0.5) is 0 Å². The summed E-state index contributed by atoms with van der Waals surface area (Å²) in [4.78, 5) is 11.8. The van der Waals surface area contributed by atoms with E-state index in [0.29, 0.717) is 12.3 Å². The largest absolute Gasteiger partial charge is 0.469 e. The molecule has 0 unspecified atom stereocenters. The first-order valence-electron chi connectivity index (χ1n) is 9.62. The van der Waals surface area contributed by atoms with Crippen molar-refractivity contribution >= 4 is 5.97 Å². The number of hydrogen-bond acceptors (Lipinski definition) is 2. The van der Waals surface area contributed by atoms with Crippen LogP contribution in [0.2, 0.25) is 0 Å². The van der Waals surface area contributed by atoms with E-state index >= 15 is 0 Å². The van der Waals surface area contributed by atoms with E-state index in [1.807, 2.05) is 0 Å². The second kappa shape index (κ2) is 6.09. The molecule has 0 saturated heterocycles. The fourth-order valence-electron chi connectivity index (χ4n) is 5.35. The monoisotopic (exact) mass is 354 g/mol. The first-order valence-corrected chi connectivity index (χ1v) is 9.62. The SMILES string of the molecule is COC(=O)CCCC12c3ccccc3C(c3ccccc31)c1ccccc12. The Bertz CT molecular complexity index is 918. The van der Waals surface area contributed by atoms with Crippen LogP contribution in [0.1, 0.15) is 58.6 Å². The second-order valence-corrected chi connectivity index (χ2v) is 7.53. The van der Waals surface area contributed by atoms with Gasteiger partial charge in [0.15, 0.2) is 0 Å². The highest BCUT2D eigenvalue weighted by molar-refractivity contribution is 5.72. The van der Waals surface area contributed by atoms with Crippen molar-refractivity contribution in [2.75, 3.05) is 7.11 Å². The fraction of sp³-hybridized carbons (Fsp3) is 0.240. The number of methoxy groups -OCH3 is 1. The number of benzene rings is 3. The predicted octanol–water partition coefficient (Wildman–Crippen LogP) is 5.17. The lowest BCUT2D eigenvalue weighted by Crippen LogP contribution is -2.42. The van der Waals surface area contributed by atoms with Gasteiger partial charge in [-0.2, -0.15) is 0 Å². The average Bonchev–Trinajstić information content (AvgIpc) is 2.74. The normalized spacial score (nSPS) is 21.1. The van der Waals surface area contributed by atoms with Gasteiger partial charge in [-0.15, -0.1) is 0 Å². The average molecular weight is 354 g/mol. The van der Waals surface area contributed by atoms with E-state index in [1.54, 1.807) is 0 Å². The second-order valence-electron chi connectivity index (χ2n) is 7.53. The van der Waals surface area contributed by atoms with Gasteiger partial charge < -0.3 is 4.74 Å². The zero-order valence-electron chi connectivity index (χ0n) is 15.4. The minimum absolute atomic E-state index is 0.134. The van der Waals surface area contributed by atoms with Crippen molar-refractivity contribution in [1.82, 2.24) is 0 Å². The molecule has 3 aromatic rings. The lowest BCUT2D eigenvalue weighted by Gasteiger charge is -2.51. The summed E-state index contributed by atoms with van der Waals surface area (Å²) in [6.45, 7) is 0. The minimum atomic E-state index is -0.188. The van der Waals surface area contributed by atoms with Crippen molar-refractivity contribution in [3.63, 3.8) is 0 Å². The third-order valence-corrected chi connectivity index (χ3v) is 6.36. The van der Waals surface area contributed by atoms with Gasteiger partial charge in [-0.1, -0.05) is 72.8 Å². The van der Waals surface area contributed by atoms with Crippen LogP contribution in [-0.2, 0) is 14.9 Å². The Labute approximate surface area is 159 Å². The molecule has 0 fully saturated rings. The van der Waals surface area contributed by atoms with Crippen molar-refractivity contribution in [2.24, 2.45) is 0 Å². The van der Waals surface area contributed by atoms with Gasteiger partial charge in [-0.05, 0) is 46.2 Å². The van der Waals surface area contributed by atoms with Gasteiger partial charge in [0.25, 0.3) is 0 Å². The lowest BCUT2D eigenvalue weighted by molar-refractivity contribution is -0.140. The molecule has 2 nitrogen and oxygen atoms in total. The van der Waals surface area contributed by atoms with E-state index in [4.69, 9.17) is 4.74 Å². The Morgan fingerprint density at radius 1 is 0.815 bits per heavy atom. The van der Waals surface area contributed by atoms with Gasteiger partial charge in [-0.25, -0.2) is 0 Å². The van der Waals surface area contributed by atoms with Crippen LogP contribution in [-0.4, -0.2) is 13.1 Å². The van der Waals surface area contributed by atoms with Crippen LogP contribution in [0.15, 0.2) is 72.8 Å². The molecular weight excluding hydrogens is 332 g/mol. The van der Waals surface area contributed by atoms with E-state index in [0.717, 1.165) is 12.8 Å². The van der Waals surface area contributed by atoms with E-state index in [9.17, 15) is 4.79 Å². The molecule has 0 radical (unpaired) electrons. The van der Waals surface area contributed by atoms with E-state index < -0.39 is 0 Å². The molecule has 3 aromatic carbocycles. The maximum Gasteiger partial charge on any atom is 0.305 e. The molecule has 6 rings (SSSR count). The predicted molar refractivity (Wildman–Crippen MR) is 106 cm³/mol. The van der Waals surface area contributed by atoms with Crippen molar-refractivity contribution < 1.29 is 9.53 Å². The third kappa shape index (κ3) is 2.16. The van der Waals surface area contributed by atoms with Crippen molar-refractivity contribution in [3.8, 4) is 0 Å². The topological polar surface area (TPSA) is 26.3 Å². The quantitative estimate of drug-likeness (QED) is 0.604. The molecule has 2 bridgehead atoms. The number of hydrogen-bond donors (Lipinski definition) is 0. The Balaban J connectivity index is 1.75. The molecular formula is C25H22O2. The summed E-state index contributed by atoms with van der Waals surface area (Å²) in [6, 6.07) is 26.6. The first-order chi connectivity index (χ1) is 13.3. The Morgan fingerprint density at radius 3 is 1.70 bits per heavy atom. The van der Waals surface area contributed by atoms with Crippen molar-refractivity contribution in [3.05, 3.63) is 106 Å². The maximum absolute atomic E-state index is 11.8. The Hall–Kier alpha value is -2.87. The number of rotatable bonds is 4. The van der Waals surface area contributed by atoms with Crippen LogP contribution in [0, 0.1) is 0 Å². The molecule has 2 heteroatoms. The highest BCUT2D eigenvalue weighted by Crippen LogP contribution is 2.60. The number of carbonyl (C=O) groups excluding carboxylic acids is 1. The smallest absolute Gasteiger partial charge is 0.305 e. The first kappa shape index (κ1) is 16.3. The van der Waals surface area contributed by atoms with Gasteiger partial charge in [0.1, 0.15) is 0 Å². The lowest BCUT2D eigenvalue weighted by atomic mass is 9.51. The van der Waals surface area contributed by atoms with Crippen LogP contribution in [0.3, 0.4) is 0 Å². The van der Waals surface area contributed by atoms with Crippen LogP contribution in [0.5, 0.6) is 0 Å². The van der Waals surface area contributed by atoms with E-state index in [2.05, 4.69) is 72.8 Å². The molecule has 3 aliphatic carbocycles. The highest BCUT2D eigenvalue weighted by atomic mass is 16.5. The van der Waals surface area contributed by atoms with E-state index in [-0.39, 0.29) is 11.4 Å². The summed E-state index contributed by atoms with van der Waals surface area (Å²) in [6.07, 6.45) is 2.16. The van der Waals surface area contributed by atoms with Crippen LogP contribution >= 0.6 is 0 Å². The minimum Gasteiger partial charge on any atom is -0.469 e. The van der Waals surface area contributed by atoms with Crippen LogP contribution < -0.4 is 0 Å². The number of esters is 1. The molecule has 3 aliphatic rings. The molecule has 0 saturated carbocycles. The maximum atomic E-state index is 11.8. The summed E-state index contributed by atoms with van der Waals surface area (Å²) in [7, 11) is 1.46. The summed E-state index contributed by atoms with van der Waals surface area (Å²) < 4.78 is 4.89. The summed E-state index contributed by atoms with van der Waals surface area (Å²) in [5.74, 6) is 0.168. The summed E-state index contributed by atoms with van der Waals surface area (Å²) in [5, 5.41) is 0. The molecule has 134 valence electrons. The fourth-order valence-corrected chi connectivity index (χ4v) is 5.35. The summed E-state index contributed by atoms with van der Waals surface area (Å²) >= 11 is 0. The Morgan fingerprint density at radius 2 is 1.26 bits per heavy atom. The van der Waals surface area contributed by atoms with Crippen molar-refractivity contribution in [1.29, 1.82) is 0 Å². The van der Waals surface area contributed by atoms with Gasteiger partial charge in [-0.3, -0.25) is 4.79 Å². The molecule has 0 aliphatic heterocycles. The van der Waals surface area contributed by atoms with Gasteiger partial charge in [0.05, 0.1) is 7.11 Å². The molecule has 0 amide bonds. The molecule has 0 spiro atoms. The molecule has 0 N–H and O–H groups in total.